The number of halogens is 2. The predicted molar refractivity (Wildman–Crippen MR) is 104 cm³/mol. The molecule has 0 bridgehead atoms. The summed E-state index contributed by atoms with van der Waals surface area (Å²) in [5.74, 6) is 0.137. The Morgan fingerprint density at radius 3 is 2.70 bits per heavy atom. The number of carbonyl (C=O) groups is 1. The first-order valence-electron chi connectivity index (χ1n) is 8.12. The smallest absolute Gasteiger partial charge is 0.255 e. The molecule has 0 saturated carbocycles. The van der Waals surface area contributed by atoms with Gasteiger partial charge in [-0.15, -0.1) is 0 Å². The van der Waals surface area contributed by atoms with E-state index in [0.717, 1.165) is 0 Å². The Bertz CT molecular complexity index is 1050. The molecule has 1 aliphatic rings. The minimum absolute atomic E-state index is 0.284. The van der Waals surface area contributed by atoms with E-state index in [1.165, 1.54) is 4.68 Å². The maximum absolute atomic E-state index is 13.1. The largest absolute Gasteiger partial charge is 0.326 e. The van der Waals surface area contributed by atoms with Gasteiger partial charge in [0.1, 0.15) is 6.04 Å². The maximum Gasteiger partial charge on any atom is 0.255 e. The van der Waals surface area contributed by atoms with Crippen LogP contribution in [0.2, 0.25) is 10.0 Å². The van der Waals surface area contributed by atoms with Crippen molar-refractivity contribution in [3.63, 3.8) is 0 Å². The van der Waals surface area contributed by atoms with Gasteiger partial charge in [-0.1, -0.05) is 58.6 Å². The molecule has 1 unspecified atom stereocenters. The highest BCUT2D eigenvalue weighted by molar-refractivity contribution is 6.42. The monoisotopic (exact) mass is 400 g/mol. The molecule has 1 amide bonds. The maximum atomic E-state index is 13.1. The molecule has 4 rings (SSSR count). The van der Waals surface area contributed by atoms with Crippen LogP contribution in [-0.4, -0.2) is 26.1 Å². The topological polar surface area (TPSA) is 84.7 Å². The van der Waals surface area contributed by atoms with Crippen LogP contribution in [0.4, 0.5) is 11.6 Å². The van der Waals surface area contributed by atoms with E-state index in [-0.39, 0.29) is 5.91 Å². The van der Waals surface area contributed by atoms with Crippen LogP contribution in [0.3, 0.4) is 0 Å². The average molecular weight is 401 g/mol. The molecular weight excluding hydrogens is 387 g/mol. The third-order valence-electron chi connectivity index (χ3n) is 4.27. The van der Waals surface area contributed by atoms with E-state index in [2.05, 4.69) is 26.2 Å². The number of amides is 1. The van der Waals surface area contributed by atoms with Gasteiger partial charge in [-0.05, 0) is 35.5 Å². The summed E-state index contributed by atoms with van der Waals surface area (Å²) in [5, 5.41) is 18.4. The first-order chi connectivity index (χ1) is 13.1. The first-order valence-corrected chi connectivity index (χ1v) is 8.88. The lowest BCUT2D eigenvalue weighted by molar-refractivity contribution is -0.113. The average Bonchev–Trinajstić information content (AvgIpc) is 3.12. The highest BCUT2D eigenvalue weighted by atomic mass is 35.5. The van der Waals surface area contributed by atoms with E-state index in [0.29, 0.717) is 38.5 Å². The van der Waals surface area contributed by atoms with Crippen molar-refractivity contribution < 1.29 is 4.79 Å². The predicted octanol–water partition coefficient (Wildman–Crippen LogP) is 3.91. The summed E-state index contributed by atoms with van der Waals surface area (Å²) in [6.07, 6.45) is 0. The lowest BCUT2D eigenvalue weighted by Gasteiger charge is -2.28. The number of anilines is 2. The van der Waals surface area contributed by atoms with Crippen molar-refractivity contribution in [1.82, 2.24) is 20.2 Å². The number of nitrogens with one attached hydrogen (secondary N) is 2. The summed E-state index contributed by atoms with van der Waals surface area (Å²) in [6, 6.07) is 13.9. The molecule has 7 nitrogen and oxygen atoms in total. The van der Waals surface area contributed by atoms with Crippen LogP contribution in [0, 0.1) is 0 Å². The van der Waals surface area contributed by atoms with E-state index in [4.69, 9.17) is 23.2 Å². The molecule has 3 aromatic rings. The van der Waals surface area contributed by atoms with Crippen molar-refractivity contribution in [3.05, 3.63) is 75.4 Å². The number of para-hydroxylation sites is 1. The molecule has 9 heteroatoms. The molecule has 0 aliphatic carbocycles. The highest BCUT2D eigenvalue weighted by Gasteiger charge is 2.35. The minimum Gasteiger partial charge on any atom is -0.326 e. The quantitative estimate of drug-likeness (QED) is 0.695. The van der Waals surface area contributed by atoms with E-state index < -0.39 is 6.04 Å². The zero-order valence-corrected chi connectivity index (χ0v) is 15.7. The molecule has 2 aromatic carbocycles. The van der Waals surface area contributed by atoms with Gasteiger partial charge < -0.3 is 10.6 Å². The number of nitrogens with zero attached hydrogens (tertiary/aromatic N) is 4. The fourth-order valence-corrected chi connectivity index (χ4v) is 3.46. The van der Waals surface area contributed by atoms with Gasteiger partial charge in [0.15, 0.2) is 0 Å². The minimum atomic E-state index is -0.619. The SMILES string of the molecule is CC1=C(C(=O)Nc2ccccc2)C(c2cccc(Cl)c2Cl)n2nnnc2N1. The number of benzene rings is 2. The molecule has 0 fully saturated rings. The van der Waals surface area contributed by atoms with E-state index >= 15 is 0 Å². The molecule has 0 saturated heterocycles. The standard InChI is InChI=1S/C18H14Cl2N6O/c1-10-14(17(27)22-11-6-3-2-4-7-11)16(26-18(21-10)23-24-25-26)12-8-5-9-13(19)15(12)20/h2-9,16H,1H3,(H,22,27)(H,21,23,25). The molecular formula is C18H14Cl2N6O. The molecule has 0 radical (unpaired) electrons. The van der Waals surface area contributed by atoms with Gasteiger partial charge in [-0.25, -0.2) is 0 Å². The molecule has 1 aromatic heterocycles. The van der Waals surface area contributed by atoms with Crippen LogP contribution >= 0.6 is 23.2 Å². The molecule has 136 valence electrons. The van der Waals surface area contributed by atoms with Gasteiger partial charge in [-0.3, -0.25) is 4.79 Å². The van der Waals surface area contributed by atoms with Crippen LogP contribution in [-0.2, 0) is 4.79 Å². The third kappa shape index (κ3) is 3.15. The number of hydrogen-bond acceptors (Lipinski definition) is 5. The van der Waals surface area contributed by atoms with Gasteiger partial charge in [0.05, 0.1) is 15.6 Å². The van der Waals surface area contributed by atoms with Crippen molar-refractivity contribution in [2.45, 2.75) is 13.0 Å². The summed E-state index contributed by atoms with van der Waals surface area (Å²) >= 11 is 12.7. The Morgan fingerprint density at radius 2 is 1.93 bits per heavy atom. The van der Waals surface area contributed by atoms with Gasteiger partial charge in [0.25, 0.3) is 5.91 Å². The van der Waals surface area contributed by atoms with Crippen LogP contribution in [0.5, 0.6) is 0 Å². The second-order valence-corrected chi connectivity index (χ2v) is 6.76. The number of tetrazole rings is 1. The normalized spacial score (nSPS) is 15.9. The Hall–Kier alpha value is -2.90. The Morgan fingerprint density at radius 1 is 1.15 bits per heavy atom. The zero-order valence-electron chi connectivity index (χ0n) is 14.1. The van der Waals surface area contributed by atoms with Crippen molar-refractivity contribution in [3.8, 4) is 0 Å². The van der Waals surface area contributed by atoms with Gasteiger partial charge in [-0.2, -0.15) is 4.68 Å². The van der Waals surface area contributed by atoms with Crippen molar-refractivity contribution in [1.29, 1.82) is 0 Å². The van der Waals surface area contributed by atoms with E-state index in [1.54, 1.807) is 25.1 Å². The number of rotatable bonds is 3. The Kier molecular flexibility index (Phi) is 4.55. The summed E-state index contributed by atoms with van der Waals surface area (Å²) < 4.78 is 1.52. The summed E-state index contributed by atoms with van der Waals surface area (Å²) in [7, 11) is 0. The number of fused-ring (bicyclic) bond motifs is 1. The summed E-state index contributed by atoms with van der Waals surface area (Å²) in [6.45, 7) is 1.80. The number of allylic oxidation sites excluding steroid dienone is 1. The first kappa shape index (κ1) is 17.5. The molecule has 2 N–H and O–H groups in total. The molecule has 27 heavy (non-hydrogen) atoms. The third-order valence-corrected chi connectivity index (χ3v) is 5.10. The lowest BCUT2D eigenvalue weighted by Crippen LogP contribution is -2.31. The zero-order chi connectivity index (χ0) is 19.0. The van der Waals surface area contributed by atoms with Crippen molar-refractivity contribution >= 4 is 40.7 Å². The lowest BCUT2D eigenvalue weighted by atomic mass is 9.95. The number of carbonyl (C=O) groups excluding carboxylic acids is 1. The van der Waals surface area contributed by atoms with E-state index in [1.807, 2.05) is 30.3 Å². The van der Waals surface area contributed by atoms with Crippen LogP contribution in [0.25, 0.3) is 0 Å². The summed E-state index contributed by atoms with van der Waals surface area (Å²) in [4.78, 5) is 13.1. The van der Waals surface area contributed by atoms with Gasteiger partial charge in [0, 0.05) is 16.9 Å². The molecule has 2 heterocycles. The van der Waals surface area contributed by atoms with Crippen LogP contribution in [0.15, 0.2) is 59.8 Å². The second-order valence-electron chi connectivity index (χ2n) is 5.98. The van der Waals surface area contributed by atoms with Crippen LogP contribution in [0.1, 0.15) is 18.5 Å². The fourth-order valence-electron chi connectivity index (χ4n) is 3.05. The van der Waals surface area contributed by atoms with Crippen molar-refractivity contribution in [2.24, 2.45) is 0 Å². The van der Waals surface area contributed by atoms with Crippen molar-refractivity contribution in [2.75, 3.05) is 10.6 Å². The fraction of sp³-hybridized carbons (Fsp3) is 0.111. The van der Waals surface area contributed by atoms with E-state index in [9.17, 15) is 4.79 Å². The van der Waals surface area contributed by atoms with Gasteiger partial charge >= 0.3 is 0 Å². The highest BCUT2D eigenvalue weighted by Crippen LogP contribution is 2.39. The van der Waals surface area contributed by atoms with Crippen LogP contribution < -0.4 is 10.6 Å². The molecule has 1 aliphatic heterocycles. The Balaban J connectivity index is 1.82. The number of aromatic nitrogens is 4. The molecule has 0 spiro atoms. The number of hydrogen-bond donors (Lipinski definition) is 2. The Labute approximate surface area is 165 Å². The second kappa shape index (κ2) is 7.02. The summed E-state index contributed by atoms with van der Waals surface area (Å²) in [5.41, 5.74) is 2.40. The van der Waals surface area contributed by atoms with Gasteiger partial charge in [0.2, 0.25) is 5.95 Å². The molecule has 1 atom stereocenters.